The van der Waals surface area contributed by atoms with Crippen molar-refractivity contribution in [3.63, 3.8) is 0 Å². The van der Waals surface area contributed by atoms with Gasteiger partial charge in [0.2, 0.25) is 0 Å². The van der Waals surface area contributed by atoms with Crippen LogP contribution in [-0.4, -0.2) is 39.9 Å². The van der Waals surface area contributed by atoms with Gasteiger partial charge in [-0.3, -0.25) is 0 Å². The maximum atomic E-state index is 12.8. The summed E-state index contributed by atoms with van der Waals surface area (Å²) in [4.78, 5) is 0. The topological polar surface area (TPSA) is 60.2 Å². The van der Waals surface area contributed by atoms with E-state index in [0.717, 1.165) is 5.56 Å². The molecule has 6 heteroatoms. The van der Waals surface area contributed by atoms with Crippen molar-refractivity contribution in [2.75, 3.05) is 13.7 Å². The van der Waals surface area contributed by atoms with Crippen molar-refractivity contribution in [2.45, 2.75) is 19.1 Å². The molecule has 0 aliphatic carbocycles. The quantitative estimate of drug-likeness (QED) is 0.847. The second-order valence-electron chi connectivity index (χ2n) is 4.35. The number of methoxy groups -OCH3 is 1. The number of hydrogen-bond donors (Lipinski definition) is 1. The van der Waals surface area contributed by atoms with Crippen molar-refractivity contribution in [3.8, 4) is 0 Å². The van der Waals surface area contributed by atoms with Crippen LogP contribution in [0.2, 0.25) is 0 Å². The Morgan fingerprint density at radius 3 is 2.79 bits per heavy atom. The first kappa shape index (κ1) is 13.6. The van der Waals surface area contributed by atoms with Crippen LogP contribution in [0.1, 0.15) is 11.3 Å². The van der Waals surface area contributed by atoms with Crippen molar-refractivity contribution in [1.82, 2.24) is 15.0 Å². The van der Waals surface area contributed by atoms with Crippen LogP contribution in [0.15, 0.2) is 30.5 Å². The van der Waals surface area contributed by atoms with E-state index in [-0.39, 0.29) is 12.4 Å². The lowest BCUT2D eigenvalue weighted by Gasteiger charge is -2.05. The minimum Gasteiger partial charge on any atom is -0.390 e. The lowest BCUT2D eigenvalue weighted by molar-refractivity contribution is 0.0644. The molecule has 0 bridgehead atoms. The molecule has 2 rings (SSSR count). The largest absolute Gasteiger partial charge is 0.390 e. The molecule has 1 atom stereocenters. The zero-order valence-corrected chi connectivity index (χ0v) is 10.7. The Bertz CT molecular complexity index is 513. The molecule has 0 aliphatic heterocycles. The van der Waals surface area contributed by atoms with E-state index >= 15 is 0 Å². The Balaban J connectivity index is 1.95. The molecule has 5 nitrogen and oxygen atoms in total. The Labute approximate surface area is 110 Å². The molecule has 102 valence electrons. The molecule has 1 N–H and O–H groups in total. The highest BCUT2D eigenvalue weighted by molar-refractivity contribution is 5.16. The van der Waals surface area contributed by atoms with Gasteiger partial charge in [-0.05, 0) is 17.7 Å². The minimum atomic E-state index is -0.582. The fraction of sp³-hybridized carbons (Fsp3) is 0.385. The summed E-state index contributed by atoms with van der Waals surface area (Å²) >= 11 is 0. The third-order valence-corrected chi connectivity index (χ3v) is 2.65. The highest BCUT2D eigenvalue weighted by Crippen LogP contribution is 2.06. The molecule has 0 saturated heterocycles. The average molecular weight is 265 g/mol. The van der Waals surface area contributed by atoms with E-state index in [2.05, 4.69) is 10.3 Å². The van der Waals surface area contributed by atoms with Gasteiger partial charge < -0.3 is 9.84 Å². The summed E-state index contributed by atoms with van der Waals surface area (Å²) in [5, 5.41) is 17.5. The standard InChI is InChI=1S/C13H16FN3O2/c1-19-9-13(18)6-12-8-17(16-15-12)7-10-2-4-11(14)5-3-10/h2-5,8,13,18H,6-7,9H2,1H3. The van der Waals surface area contributed by atoms with E-state index in [1.54, 1.807) is 23.0 Å². The number of aromatic nitrogens is 3. The van der Waals surface area contributed by atoms with Crippen LogP contribution in [-0.2, 0) is 17.7 Å². The van der Waals surface area contributed by atoms with Gasteiger partial charge in [-0.1, -0.05) is 17.3 Å². The highest BCUT2D eigenvalue weighted by atomic mass is 19.1. The van der Waals surface area contributed by atoms with Crippen LogP contribution in [0.5, 0.6) is 0 Å². The van der Waals surface area contributed by atoms with Crippen molar-refractivity contribution in [2.24, 2.45) is 0 Å². The van der Waals surface area contributed by atoms with Gasteiger partial charge in [-0.2, -0.15) is 0 Å². The Kier molecular flexibility index (Phi) is 4.59. The molecule has 1 aromatic heterocycles. The maximum absolute atomic E-state index is 12.8. The average Bonchev–Trinajstić information content (AvgIpc) is 2.80. The predicted molar refractivity (Wildman–Crippen MR) is 67.1 cm³/mol. The number of halogens is 1. The fourth-order valence-electron chi connectivity index (χ4n) is 1.78. The number of hydrogen-bond acceptors (Lipinski definition) is 4. The van der Waals surface area contributed by atoms with E-state index in [1.807, 2.05) is 0 Å². The number of nitrogens with zero attached hydrogens (tertiary/aromatic N) is 3. The molecule has 2 aromatic rings. The summed E-state index contributed by atoms with van der Waals surface area (Å²) in [7, 11) is 1.54. The molecule has 0 amide bonds. The molecule has 1 unspecified atom stereocenters. The SMILES string of the molecule is COCC(O)Cc1cn(Cc2ccc(F)cc2)nn1. The van der Waals surface area contributed by atoms with Crippen LogP contribution in [0.4, 0.5) is 4.39 Å². The van der Waals surface area contributed by atoms with Gasteiger partial charge in [0.05, 0.1) is 24.9 Å². The summed E-state index contributed by atoms with van der Waals surface area (Å²) in [5.74, 6) is -0.259. The Morgan fingerprint density at radius 1 is 1.37 bits per heavy atom. The normalized spacial score (nSPS) is 12.6. The molecule has 0 fully saturated rings. The van der Waals surface area contributed by atoms with E-state index in [9.17, 15) is 9.50 Å². The zero-order valence-electron chi connectivity index (χ0n) is 10.7. The van der Waals surface area contributed by atoms with Gasteiger partial charge in [0.1, 0.15) is 5.82 Å². The van der Waals surface area contributed by atoms with Gasteiger partial charge in [-0.25, -0.2) is 9.07 Å². The highest BCUT2D eigenvalue weighted by Gasteiger charge is 2.08. The molecule has 1 heterocycles. The number of aliphatic hydroxyl groups excluding tert-OH is 1. The van der Waals surface area contributed by atoms with E-state index in [0.29, 0.717) is 18.7 Å². The Hall–Kier alpha value is -1.79. The molecule has 0 aliphatic rings. The summed E-state index contributed by atoms with van der Waals surface area (Å²) in [6, 6.07) is 6.23. The van der Waals surface area contributed by atoms with E-state index in [1.165, 1.54) is 19.2 Å². The van der Waals surface area contributed by atoms with Gasteiger partial charge in [0, 0.05) is 19.7 Å². The first-order valence-corrected chi connectivity index (χ1v) is 5.98. The van der Waals surface area contributed by atoms with Crippen LogP contribution in [0.3, 0.4) is 0 Å². The summed E-state index contributed by atoms with van der Waals surface area (Å²) in [5.41, 5.74) is 1.64. The second-order valence-corrected chi connectivity index (χ2v) is 4.35. The molecule has 1 aromatic carbocycles. The van der Waals surface area contributed by atoms with Crippen LogP contribution >= 0.6 is 0 Å². The first-order valence-electron chi connectivity index (χ1n) is 5.98. The molecule has 0 saturated carbocycles. The molecular formula is C13H16FN3O2. The van der Waals surface area contributed by atoms with Gasteiger partial charge in [0.15, 0.2) is 0 Å². The maximum Gasteiger partial charge on any atom is 0.123 e. The monoisotopic (exact) mass is 265 g/mol. The third-order valence-electron chi connectivity index (χ3n) is 2.65. The zero-order chi connectivity index (χ0) is 13.7. The first-order chi connectivity index (χ1) is 9.17. The van der Waals surface area contributed by atoms with Crippen LogP contribution in [0, 0.1) is 5.82 Å². The lowest BCUT2D eigenvalue weighted by Crippen LogP contribution is -2.17. The second kappa shape index (κ2) is 6.40. The summed E-state index contributed by atoms with van der Waals surface area (Å²) in [6.45, 7) is 0.790. The smallest absolute Gasteiger partial charge is 0.123 e. The van der Waals surface area contributed by atoms with Crippen molar-refractivity contribution < 1.29 is 14.2 Å². The lowest BCUT2D eigenvalue weighted by atomic mass is 10.2. The summed E-state index contributed by atoms with van der Waals surface area (Å²) in [6.07, 6.45) is 1.58. The van der Waals surface area contributed by atoms with Gasteiger partial charge in [0.25, 0.3) is 0 Å². The van der Waals surface area contributed by atoms with Crippen molar-refractivity contribution >= 4 is 0 Å². The summed E-state index contributed by atoms with van der Waals surface area (Å²) < 4.78 is 19.3. The van der Waals surface area contributed by atoms with Crippen LogP contribution in [0.25, 0.3) is 0 Å². The molecular weight excluding hydrogens is 249 g/mol. The number of aliphatic hydroxyl groups is 1. The Morgan fingerprint density at radius 2 is 2.11 bits per heavy atom. The fourth-order valence-corrected chi connectivity index (χ4v) is 1.78. The van der Waals surface area contributed by atoms with E-state index < -0.39 is 6.10 Å². The van der Waals surface area contributed by atoms with Crippen LogP contribution < -0.4 is 0 Å². The van der Waals surface area contributed by atoms with Gasteiger partial charge in [-0.15, -0.1) is 5.10 Å². The number of ether oxygens (including phenoxy) is 1. The van der Waals surface area contributed by atoms with Crippen molar-refractivity contribution in [1.29, 1.82) is 0 Å². The number of benzene rings is 1. The van der Waals surface area contributed by atoms with E-state index in [4.69, 9.17) is 4.74 Å². The molecule has 0 radical (unpaired) electrons. The molecule has 19 heavy (non-hydrogen) atoms. The van der Waals surface area contributed by atoms with Gasteiger partial charge >= 0.3 is 0 Å². The minimum absolute atomic E-state index is 0.259. The molecule has 0 spiro atoms. The predicted octanol–water partition coefficient (Wildman–Crippen LogP) is 1.02. The number of rotatable bonds is 6. The third kappa shape index (κ3) is 4.11. The van der Waals surface area contributed by atoms with Crippen molar-refractivity contribution in [3.05, 3.63) is 47.5 Å².